The molecule has 0 unspecified atom stereocenters. The minimum absolute atomic E-state index is 0.0135. The Labute approximate surface area is 90.5 Å². The van der Waals surface area contributed by atoms with Gasteiger partial charge in [-0.1, -0.05) is 29.2 Å². The summed E-state index contributed by atoms with van der Waals surface area (Å²) in [6, 6.07) is 7.07. The first-order chi connectivity index (χ1) is 6.68. The van der Waals surface area contributed by atoms with Crippen molar-refractivity contribution in [3.05, 3.63) is 50.6 Å². The van der Waals surface area contributed by atoms with Gasteiger partial charge in [-0.2, -0.15) is 0 Å². The monoisotopic (exact) mass is 225 g/mol. The molecule has 0 aliphatic carbocycles. The third-order valence-corrected chi connectivity index (χ3v) is 3.05. The molecule has 2 nitrogen and oxygen atoms in total. The standard InChI is InChI=1S/C10H8ClNOS/c1-7-2-3-8(11)6-9(7)12-10(13)4-5-14-12/h2-6H,1H3. The minimum atomic E-state index is -0.0135. The van der Waals surface area contributed by atoms with Crippen molar-refractivity contribution in [2.45, 2.75) is 6.92 Å². The van der Waals surface area contributed by atoms with E-state index in [0.29, 0.717) is 5.02 Å². The van der Waals surface area contributed by atoms with Crippen LogP contribution in [0.2, 0.25) is 5.02 Å². The molecule has 0 saturated carbocycles. The van der Waals surface area contributed by atoms with Crippen LogP contribution in [0.5, 0.6) is 0 Å². The molecule has 0 N–H and O–H groups in total. The highest BCUT2D eigenvalue weighted by atomic mass is 35.5. The topological polar surface area (TPSA) is 22.0 Å². The van der Waals surface area contributed by atoms with Gasteiger partial charge in [0.1, 0.15) is 0 Å². The van der Waals surface area contributed by atoms with Crippen LogP contribution in [0.15, 0.2) is 34.4 Å². The van der Waals surface area contributed by atoms with Gasteiger partial charge in [0.25, 0.3) is 5.56 Å². The molecule has 2 rings (SSSR count). The summed E-state index contributed by atoms with van der Waals surface area (Å²) >= 11 is 7.25. The summed E-state index contributed by atoms with van der Waals surface area (Å²) in [4.78, 5) is 11.4. The molecule has 0 saturated heterocycles. The van der Waals surface area contributed by atoms with E-state index in [0.717, 1.165) is 11.3 Å². The Kier molecular flexibility index (Phi) is 2.44. The number of hydrogen-bond acceptors (Lipinski definition) is 2. The lowest BCUT2D eigenvalue weighted by molar-refractivity contribution is 1.11. The number of halogens is 1. The molecule has 2 aromatic rings. The Morgan fingerprint density at radius 2 is 2.14 bits per heavy atom. The van der Waals surface area contributed by atoms with Crippen LogP contribution in [-0.2, 0) is 0 Å². The van der Waals surface area contributed by atoms with E-state index < -0.39 is 0 Å². The zero-order valence-electron chi connectivity index (χ0n) is 7.53. The highest BCUT2D eigenvalue weighted by Gasteiger charge is 2.04. The van der Waals surface area contributed by atoms with Crippen molar-refractivity contribution >= 4 is 23.1 Å². The number of rotatable bonds is 1. The van der Waals surface area contributed by atoms with Gasteiger partial charge in [0.05, 0.1) is 5.69 Å². The van der Waals surface area contributed by atoms with Gasteiger partial charge in [-0.3, -0.25) is 4.79 Å². The Hall–Kier alpha value is -1.06. The van der Waals surface area contributed by atoms with Gasteiger partial charge in [0.15, 0.2) is 0 Å². The van der Waals surface area contributed by atoms with Gasteiger partial charge in [-0.15, -0.1) is 0 Å². The second-order valence-corrected chi connectivity index (χ2v) is 4.26. The molecule has 1 aromatic heterocycles. The summed E-state index contributed by atoms with van der Waals surface area (Å²) in [5.41, 5.74) is 1.89. The molecular weight excluding hydrogens is 218 g/mol. The Bertz CT molecular complexity index is 515. The van der Waals surface area contributed by atoms with E-state index in [1.165, 1.54) is 11.5 Å². The van der Waals surface area contributed by atoms with E-state index in [2.05, 4.69) is 0 Å². The summed E-state index contributed by atoms with van der Waals surface area (Å²) in [7, 11) is 0. The summed E-state index contributed by atoms with van der Waals surface area (Å²) in [6.07, 6.45) is 0. The summed E-state index contributed by atoms with van der Waals surface area (Å²) in [5, 5.41) is 2.41. The van der Waals surface area contributed by atoms with Crippen molar-refractivity contribution in [1.29, 1.82) is 0 Å². The van der Waals surface area contributed by atoms with Crippen LogP contribution in [0.4, 0.5) is 0 Å². The maximum Gasteiger partial charge on any atom is 0.265 e. The lowest BCUT2D eigenvalue weighted by Gasteiger charge is -2.04. The summed E-state index contributed by atoms with van der Waals surface area (Å²) in [5.74, 6) is 0. The predicted octanol–water partition coefficient (Wildman–Crippen LogP) is 2.86. The molecule has 0 aliphatic heterocycles. The first-order valence-electron chi connectivity index (χ1n) is 4.12. The fourth-order valence-corrected chi connectivity index (χ4v) is 2.19. The quantitative estimate of drug-likeness (QED) is 0.732. The Morgan fingerprint density at radius 1 is 1.36 bits per heavy atom. The van der Waals surface area contributed by atoms with E-state index in [-0.39, 0.29) is 5.56 Å². The number of nitrogens with zero attached hydrogens (tertiary/aromatic N) is 1. The molecular formula is C10H8ClNOS. The van der Waals surface area contributed by atoms with Crippen molar-refractivity contribution in [3.63, 3.8) is 0 Å². The maximum atomic E-state index is 11.4. The fraction of sp³-hybridized carbons (Fsp3) is 0.100. The van der Waals surface area contributed by atoms with Crippen LogP contribution < -0.4 is 5.56 Å². The lowest BCUT2D eigenvalue weighted by Crippen LogP contribution is -2.10. The molecule has 0 spiro atoms. The van der Waals surface area contributed by atoms with Gasteiger partial charge in [0.2, 0.25) is 0 Å². The second kappa shape index (κ2) is 3.59. The first kappa shape index (κ1) is 9.49. The van der Waals surface area contributed by atoms with E-state index >= 15 is 0 Å². The molecule has 4 heteroatoms. The third kappa shape index (κ3) is 1.61. The molecule has 14 heavy (non-hydrogen) atoms. The van der Waals surface area contributed by atoms with Crippen molar-refractivity contribution in [2.75, 3.05) is 0 Å². The van der Waals surface area contributed by atoms with Crippen molar-refractivity contribution in [3.8, 4) is 5.69 Å². The predicted molar refractivity (Wildman–Crippen MR) is 59.7 cm³/mol. The highest BCUT2D eigenvalue weighted by molar-refractivity contribution is 7.04. The smallest absolute Gasteiger partial charge is 0.265 e. The second-order valence-electron chi connectivity index (χ2n) is 2.97. The number of hydrogen-bond donors (Lipinski definition) is 0. The minimum Gasteiger partial charge on any atom is -0.268 e. The first-order valence-corrected chi connectivity index (χ1v) is 5.33. The van der Waals surface area contributed by atoms with E-state index in [9.17, 15) is 4.79 Å². The molecule has 72 valence electrons. The number of aryl methyl sites for hydroxylation is 1. The van der Waals surface area contributed by atoms with E-state index in [1.54, 1.807) is 21.5 Å². The molecule has 0 bridgehead atoms. The molecule has 0 fully saturated rings. The molecule has 0 atom stereocenters. The zero-order valence-corrected chi connectivity index (χ0v) is 9.10. The van der Waals surface area contributed by atoms with Gasteiger partial charge < -0.3 is 0 Å². The van der Waals surface area contributed by atoms with Crippen LogP contribution in [0, 0.1) is 6.92 Å². The Morgan fingerprint density at radius 3 is 2.79 bits per heavy atom. The van der Waals surface area contributed by atoms with Gasteiger partial charge in [0, 0.05) is 16.5 Å². The highest BCUT2D eigenvalue weighted by Crippen LogP contribution is 2.19. The van der Waals surface area contributed by atoms with E-state index in [4.69, 9.17) is 11.6 Å². The molecule has 0 radical (unpaired) electrons. The third-order valence-electron chi connectivity index (χ3n) is 1.97. The summed E-state index contributed by atoms with van der Waals surface area (Å²) in [6.45, 7) is 1.96. The average Bonchev–Trinajstić information content (AvgIpc) is 2.56. The normalized spacial score (nSPS) is 10.4. The van der Waals surface area contributed by atoms with Gasteiger partial charge in [-0.25, -0.2) is 3.96 Å². The van der Waals surface area contributed by atoms with Crippen molar-refractivity contribution in [1.82, 2.24) is 3.96 Å². The molecule has 1 aromatic carbocycles. The largest absolute Gasteiger partial charge is 0.268 e. The van der Waals surface area contributed by atoms with Crippen LogP contribution in [0.25, 0.3) is 5.69 Å². The van der Waals surface area contributed by atoms with E-state index in [1.807, 2.05) is 19.1 Å². The lowest BCUT2D eigenvalue weighted by atomic mass is 10.2. The van der Waals surface area contributed by atoms with Crippen molar-refractivity contribution in [2.24, 2.45) is 0 Å². The molecule has 1 heterocycles. The maximum absolute atomic E-state index is 11.4. The summed E-state index contributed by atoms with van der Waals surface area (Å²) < 4.78 is 1.63. The van der Waals surface area contributed by atoms with Crippen LogP contribution in [0.3, 0.4) is 0 Å². The van der Waals surface area contributed by atoms with Crippen molar-refractivity contribution < 1.29 is 0 Å². The zero-order chi connectivity index (χ0) is 10.1. The van der Waals surface area contributed by atoms with Gasteiger partial charge in [-0.05, 0) is 24.6 Å². The molecule has 0 amide bonds. The van der Waals surface area contributed by atoms with Crippen LogP contribution >= 0.6 is 23.1 Å². The van der Waals surface area contributed by atoms with Gasteiger partial charge >= 0.3 is 0 Å². The average molecular weight is 226 g/mol. The van der Waals surface area contributed by atoms with Crippen LogP contribution in [-0.4, -0.2) is 3.96 Å². The Balaban J connectivity index is 2.68. The van der Waals surface area contributed by atoms with Crippen LogP contribution in [0.1, 0.15) is 5.56 Å². The number of aromatic nitrogens is 1. The fourth-order valence-electron chi connectivity index (χ4n) is 1.25. The molecule has 0 aliphatic rings. The SMILES string of the molecule is Cc1ccc(Cl)cc1-n1sccc1=O. The number of benzene rings is 1.